The third kappa shape index (κ3) is 6.10. The Kier molecular flexibility index (Phi) is 8.57. The number of hydrogen-bond donors (Lipinski definition) is 1. The van der Waals surface area contributed by atoms with Crippen molar-refractivity contribution in [1.82, 2.24) is 4.98 Å². The van der Waals surface area contributed by atoms with Gasteiger partial charge in [0.25, 0.3) is 0 Å². The van der Waals surface area contributed by atoms with Crippen molar-refractivity contribution < 1.29 is 14.3 Å². The lowest BCUT2D eigenvalue weighted by Gasteiger charge is -2.15. The molecule has 38 heavy (non-hydrogen) atoms. The number of methoxy groups -OCH3 is 2. The molecule has 0 unspecified atom stereocenters. The first-order chi connectivity index (χ1) is 18.3. The number of anilines is 1. The summed E-state index contributed by atoms with van der Waals surface area (Å²) in [5.74, 6) is 0.980. The van der Waals surface area contributed by atoms with Crippen molar-refractivity contribution in [2.45, 2.75) is 18.9 Å². The number of amides is 1. The fourth-order valence-corrected chi connectivity index (χ4v) is 4.86. The zero-order valence-electron chi connectivity index (χ0n) is 21.5. The van der Waals surface area contributed by atoms with Gasteiger partial charge in [-0.2, -0.15) is 5.26 Å². The van der Waals surface area contributed by atoms with Crippen molar-refractivity contribution >= 4 is 35.0 Å². The molecule has 0 atom stereocenters. The van der Waals surface area contributed by atoms with Gasteiger partial charge in [-0.3, -0.25) is 4.79 Å². The molecule has 1 heterocycles. The average molecular weight is 544 g/mol. The van der Waals surface area contributed by atoms with Crippen LogP contribution in [0.1, 0.15) is 16.7 Å². The van der Waals surface area contributed by atoms with Crippen molar-refractivity contribution in [3.05, 3.63) is 88.4 Å². The fraction of sp³-hybridized carbons (Fsp3) is 0.167. The molecule has 3 aromatic carbocycles. The molecule has 0 aliphatic rings. The highest BCUT2D eigenvalue weighted by molar-refractivity contribution is 8.00. The average Bonchev–Trinajstić information content (AvgIpc) is 2.93. The smallest absolute Gasteiger partial charge is 0.234 e. The summed E-state index contributed by atoms with van der Waals surface area (Å²) in [6, 6.07) is 23.0. The van der Waals surface area contributed by atoms with E-state index in [1.54, 1.807) is 32.4 Å². The molecular weight excluding hydrogens is 518 g/mol. The van der Waals surface area contributed by atoms with Gasteiger partial charge in [0.2, 0.25) is 5.91 Å². The third-order valence-corrected chi connectivity index (χ3v) is 7.16. The zero-order chi connectivity index (χ0) is 27.2. The van der Waals surface area contributed by atoms with Gasteiger partial charge in [0.1, 0.15) is 11.1 Å². The van der Waals surface area contributed by atoms with E-state index >= 15 is 0 Å². The van der Waals surface area contributed by atoms with Crippen LogP contribution >= 0.6 is 23.4 Å². The van der Waals surface area contributed by atoms with E-state index in [1.807, 2.05) is 62.4 Å². The van der Waals surface area contributed by atoms with Gasteiger partial charge < -0.3 is 14.8 Å². The molecule has 0 spiro atoms. The predicted molar refractivity (Wildman–Crippen MR) is 153 cm³/mol. The summed E-state index contributed by atoms with van der Waals surface area (Å²) in [5, 5.41) is 14.1. The van der Waals surface area contributed by atoms with Crippen LogP contribution in [0.2, 0.25) is 5.02 Å². The first kappa shape index (κ1) is 27.1. The maximum atomic E-state index is 12.8. The molecule has 1 amide bonds. The minimum atomic E-state index is -0.223. The van der Waals surface area contributed by atoms with Crippen LogP contribution in [0.4, 0.5) is 5.69 Å². The second kappa shape index (κ2) is 12.0. The van der Waals surface area contributed by atoms with E-state index in [-0.39, 0.29) is 11.7 Å². The molecule has 192 valence electrons. The molecule has 1 aromatic heterocycles. The van der Waals surface area contributed by atoms with Crippen LogP contribution in [-0.4, -0.2) is 30.9 Å². The van der Waals surface area contributed by atoms with Crippen molar-refractivity contribution in [3.63, 3.8) is 0 Å². The number of rotatable bonds is 8. The van der Waals surface area contributed by atoms with Gasteiger partial charge in [0.05, 0.1) is 31.2 Å². The molecule has 1 N–H and O–H groups in total. The maximum Gasteiger partial charge on any atom is 0.234 e. The summed E-state index contributed by atoms with van der Waals surface area (Å²) in [6.07, 6.45) is 0. The number of nitriles is 1. The summed E-state index contributed by atoms with van der Waals surface area (Å²) < 4.78 is 10.9. The van der Waals surface area contributed by atoms with Crippen LogP contribution in [0, 0.1) is 25.2 Å². The van der Waals surface area contributed by atoms with Gasteiger partial charge in [-0.05, 0) is 55.3 Å². The lowest BCUT2D eigenvalue weighted by atomic mass is 9.98. The standard InChI is InChI=1S/C30H26ClN3O3S/c1-18-5-8-20(9-6-18)26-15-23(21-10-12-27(36-3)28(13-21)37-4)24(16-32)30(34-26)38-17-29(35)33-25-14-22(31)11-7-19(25)2/h5-15H,17H2,1-4H3,(H,33,35). The van der Waals surface area contributed by atoms with E-state index in [2.05, 4.69) is 11.4 Å². The van der Waals surface area contributed by atoms with Gasteiger partial charge in [-0.15, -0.1) is 0 Å². The van der Waals surface area contributed by atoms with Crippen LogP contribution in [-0.2, 0) is 4.79 Å². The van der Waals surface area contributed by atoms with Crippen LogP contribution in [0.15, 0.2) is 71.8 Å². The second-order valence-electron chi connectivity index (χ2n) is 8.58. The van der Waals surface area contributed by atoms with Crippen molar-refractivity contribution in [3.8, 4) is 40.0 Å². The van der Waals surface area contributed by atoms with Crippen LogP contribution in [0.25, 0.3) is 22.4 Å². The maximum absolute atomic E-state index is 12.8. The number of aryl methyl sites for hydroxylation is 2. The summed E-state index contributed by atoms with van der Waals surface area (Å²) >= 11 is 7.31. The Balaban J connectivity index is 1.74. The first-order valence-electron chi connectivity index (χ1n) is 11.8. The minimum absolute atomic E-state index is 0.0658. The Morgan fingerprint density at radius 2 is 1.68 bits per heavy atom. The van der Waals surface area contributed by atoms with Crippen molar-refractivity contribution in [2.75, 3.05) is 25.3 Å². The quantitative estimate of drug-likeness (QED) is 0.235. The molecule has 0 aliphatic heterocycles. The monoisotopic (exact) mass is 543 g/mol. The van der Waals surface area contributed by atoms with E-state index in [1.165, 1.54) is 11.8 Å². The Morgan fingerprint density at radius 1 is 0.974 bits per heavy atom. The Hall–Kier alpha value is -3.99. The zero-order valence-corrected chi connectivity index (χ0v) is 23.0. The van der Waals surface area contributed by atoms with Gasteiger partial charge in [-0.25, -0.2) is 4.98 Å². The lowest BCUT2D eigenvalue weighted by Crippen LogP contribution is -2.15. The van der Waals surface area contributed by atoms with Gasteiger partial charge in [-0.1, -0.05) is 65.3 Å². The second-order valence-corrected chi connectivity index (χ2v) is 9.98. The van der Waals surface area contributed by atoms with E-state index < -0.39 is 0 Å². The van der Waals surface area contributed by atoms with E-state index in [0.29, 0.717) is 44.1 Å². The van der Waals surface area contributed by atoms with Gasteiger partial charge in [0, 0.05) is 21.8 Å². The molecule has 0 saturated carbocycles. The number of carbonyl (C=O) groups is 1. The van der Waals surface area contributed by atoms with Gasteiger partial charge >= 0.3 is 0 Å². The first-order valence-corrected chi connectivity index (χ1v) is 13.1. The summed E-state index contributed by atoms with van der Waals surface area (Å²) in [4.78, 5) is 17.6. The minimum Gasteiger partial charge on any atom is -0.493 e. The lowest BCUT2D eigenvalue weighted by molar-refractivity contribution is -0.113. The summed E-state index contributed by atoms with van der Waals surface area (Å²) in [6.45, 7) is 3.92. The molecule has 0 radical (unpaired) electrons. The molecular formula is C30H26ClN3O3S. The fourth-order valence-electron chi connectivity index (χ4n) is 3.89. The number of pyridine rings is 1. The normalized spacial score (nSPS) is 10.5. The van der Waals surface area contributed by atoms with Gasteiger partial charge in [0.15, 0.2) is 11.5 Å². The van der Waals surface area contributed by atoms with Crippen LogP contribution in [0.3, 0.4) is 0 Å². The molecule has 6 nitrogen and oxygen atoms in total. The number of halogens is 1. The van der Waals surface area contributed by atoms with E-state index in [9.17, 15) is 10.1 Å². The number of hydrogen-bond acceptors (Lipinski definition) is 6. The van der Waals surface area contributed by atoms with Crippen LogP contribution in [0.5, 0.6) is 11.5 Å². The van der Waals surface area contributed by atoms with Crippen molar-refractivity contribution in [1.29, 1.82) is 5.26 Å². The highest BCUT2D eigenvalue weighted by atomic mass is 35.5. The molecule has 8 heteroatoms. The highest BCUT2D eigenvalue weighted by Gasteiger charge is 2.19. The third-order valence-electron chi connectivity index (χ3n) is 5.95. The number of benzene rings is 3. The molecule has 0 aliphatic carbocycles. The van der Waals surface area contributed by atoms with Crippen LogP contribution < -0.4 is 14.8 Å². The number of ether oxygens (including phenoxy) is 2. The molecule has 4 aromatic rings. The number of nitrogens with zero attached hydrogens (tertiary/aromatic N) is 2. The number of nitrogens with one attached hydrogen (secondary N) is 1. The number of carbonyl (C=O) groups excluding carboxylic acids is 1. The predicted octanol–water partition coefficient (Wildman–Crippen LogP) is 7.31. The molecule has 0 fully saturated rings. The highest BCUT2D eigenvalue weighted by Crippen LogP contribution is 2.38. The Labute approximate surface area is 231 Å². The molecule has 0 saturated heterocycles. The van der Waals surface area contributed by atoms with E-state index in [4.69, 9.17) is 26.1 Å². The topological polar surface area (TPSA) is 84.2 Å². The largest absolute Gasteiger partial charge is 0.493 e. The SMILES string of the molecule is COc1ccc(-c2cc(-c3ccc(C)cc3)nc(SCC(=O)Nc3cc(Cl)ccc3C)c2C#N)cc1OC. The molecule has 4 rings (SSSR count). The number of aromatic nitrogens is 1. The van der Waals surface area contributed by atoms with E-state index in [0.717, 1.165) is 22.3 Å². The van der Waals surface area contributed by atoms with Crippen molar-refractivity contribution in [2.24, 2.45) is 0 Å². The Bertz CT molecular complexity index is 1530. The summed E-state index contributed by atoms with van der Waals surface area (Å²) in [7, 11) is 3.14. The Morgan fingerprint density at radius 3 is 2.37 bits per heavy atom. The summed E-state index contributed by atoms with van der Waals surface area (Å²) in [5.41, 5.74) is 6.13. The molecule has 0 bridgehead atoms. The number of thioether (sulfide) groups is 1.